The molecule has 4 nitrogen and oxygen atoms in total. The third-order valence-electron chi connectivity index (χ3n) is 4.38. The second-order valence-corrected chi connectivity index (χ2v) is 6.83. The van der Waals surface area contributed by atoms with Gasteiger partial charge in [0.1, 0.15) is 0 Å². The molecular weight excluding hydrogens is 370 g/mol. The molecule has 0 bridgehead atoms. The number of aromatic nitrogens is 1. The van der Waals surface area contributed by atoms with E-state index in [0.29, 0.717) is 42.4 Å². The first-order valence-electron chi connectivity index (χ1n) is 10.0. The molecule has 1 aromatic carbocycles. The van der Waals surface area contributed by atoms with Gasteiger partial charge in [0.25, 0.3) is 0 Å². The lowest BCUT2D eigenvalue weighted by Crippen LogP contribution is -2.20. The zero-order chi connectivity index (χ0) is 20.5. The van der Waals surface area contributed by atoms with Crippen molar-refractivity contribution >= 4 is 23.2 Å². The maximum atomic E-state index is 13.1. The highest BCUT2D eigenvalue weighted by Crippen LogP contribution is 2.31. The number of benzene rings is 1. The second-order valence-electron chi connectivity index (χ2n) is 6.46. The van der Waals surface area contributed by atoms with Gasteiger partial charge in [-0.25, -0.2) is 4.79 Å². The summed E-state index contributed by atoms with van der Waals surface area (Å²) in [6.45, 7) is 8.86. The average Bonchev–Trinajstić information content (AvgIpc) is 2.72. The minimum Gasteiger partial charge on any atom is -0.483 e. The highest BCUT2D eigenvalue weighted by molar-refractivity contribution is 7.80. The topological polar surface area (TPSA) is 48.4 Å². The Bertz CT molecular complexity index is 818. The first kappa shape index (κ1) is 22.0. The molecule has 150 valence electrons. The number of hydrogen-bond acceptors (Lipinski definition) is 5. The van der Waals surface area contributed by atoms with E-state index >= 15 is 0 Å². The van der Waals surface area contributed by atoms with Crippen LogP contribution in [-0.2, 0) is 22.3 Å². The number of carbonyl (C=O) groups excluding carboxylic acids is 1. The molecule has 5 heteroatoms. The number of pyridine rings is 1. The Labute approximate surface area is 173 Å². The van der Waals surface area contributed by atoms with Gasteiger partial charge in [0, 0.05) is 5.56 Å². The molecule has 28 heavy (non-hydrogen) atoms. The molecule has 0 amide bonds. The molecule has 0 fully saturated rings. The smallest absolute Gasteiger partial charge is 0.340 e. The Kier molecular flexibility index (Phi) is 8.58. The Balaban J connectivity index is 2.82. The van der Waals surface area contributed by atoms with Gasteiger partial charge in [-0.2, -0.15) is 0 Å². The van der Waals surface area contributed by atoms with Gasteiger partial charge in [0.15, 0.2) is 5.05 Å². The molecule has 0 aliphatic rings. The van der Waals surface area contributed by atoms with Crippen LogP contribution >= 0.6 is 12.2 Å². The zero-order valence-corrected chi connectivity index (χ0v) is 18.0. The molecule has 0 unspecified atom stereocenters. The van der Waals surface area contributed by atoms with Crippen LogP contribution in [0.5, 0.6) is 0 Å². The van der Waals surface area contributed by atoms with Crippen molar-refractivity contribution in [3.8, 4) is 11.3 Å². The van der Waals surface area contributed by atoms with Crippen molar-refractivity contribution in [3.05, 3.63) is 52.7 Å². The Hall–Kier alpha value is -2.27. The molecule has 1 heterocycles. The number of carbonyl (C=O) groups is 1. The van der Waals surface area contributed by atoms with Crippen molar-refractivity contribution in [2.45, 2.75) is 53.4 Å². The van der Waals surface area contributed by atoms with Crippen LogP contribution in [-0.4, -0.2) is 29.2 Å². The quantitative estimate of drug-likeness (QED) is 0.409. The first-order valence-corrected chi connectivity index (χ1v) is 10.4. The van der Waals surface area contributed by atoms with Crippen molar-refractivity contribution in [1.29, 1.82) is 0 Å². The van der Waals surface area contributed by atoms with Crippen LogP contribution in [0, 0.1) is 0 Å². The lowest BCUT2D eigenvalue weighted by Gasteiger charge is -2.21. The Morgan fingerprint density at radius 1 is 1.00 bits per heavy atom. The molecular formula is C23H29NO3S. The van der Waals surface area contributed by atoms with Gasteiger partial charge in [0.05, 0.1) is 35.7 Å². The van der Waals surface area contributed by atoms with Crippen LogP contribution in [0.15, 0.2) is 30.3 Å². The summed E-state index contributed by atoms with van der Waals surface area (Å²) in [6, 6.07) is 9.78. The minimum atomic E-state index is -0.347. The largest absolute Gasteiger partial charge is 0.483 e. The van der Waals surface area contributed by atoms with Crippen molar-refractivity contribution in [1.82, 2.24) is 4.98 Å². The van der Waals surface area contributed by atoms with Crippen molar-refractivity contribution < 1.29 is 14.3 Å². The molecule has 2 rings (SSSR count). The number of rotatable bonds is 9. The van der Waals surface area contributed by atoms with Crippen LogP contribution in [0.25, 0.3) is 11.3 Å². The zero-order valence-electron chi connectivity index (χ0n) is 17.2. The lowest BCUT2D eigenvalue weighted by atomic mass is 9.91. The number of nitrogens with zero attached hydrogens (tertiary/aromatic N) is 1. The molecule has 0 N–H and O–H groups in total. The Morgan fingerprint density at radius 2 is 1.71 bits per heavy atom. The standard InChI is InChI=1S/C23H29NO3S/c1-5-12-17-19(23(28)26-8-4)18(7-3)24-21(16-13-10-9-11-14-16)20(17)22(25)27-15-6-2/h9-11,13-14H,5-8,12,15H2,1-4H3. The third kappa shape index (κ3) is 4.96. The average molecular weight is 400 g/mol. The number of aryl methyl sites for hydroxylation is 1. The lowest BCUT2D eigenvalue weighted by molar-refractivity contribution is 0.0504. The van der Waals surface area contributed by atoms with E-state index in [4.69, 9.17) is 26.7 Å². The van der Waals surface area contributed by atoms with Gasteiger partial charge in [-0.05, 0) is 44.0 Å². The van der Waals surface area contributed by atoms with Gasteiger partial charge < -0.3 is 9.47 Å². The highest BCUT2D eigenvalue weighted by Gasteiger charge is 2.27. The molecule has 0 spiro atoms. The number of esters is 1. The highest BCUT2D eigenvalue weighted by atomic mass is 32.1. The normalized spacial score (nSPS) is 10.6. The van der Waals surface area contributed by atoms with Crippen LogP contribution < -0.4 is 0 Å². The van der Waals surface area contributed by atoms with Crippen molar-refractivity contribution in [2.75, 3.05) is 13.2 Å². The molecule has 0 saturated heterocycles. The third-order valence-corrected chi connectivity index (χ3v) is 4.70. The van der Waals surface area contributed by atoms with E-state index < -0.39 is 0 Å². The van der Waals surface area contributed by atoms with E-state index in [2.05, 4.69) is 6.92 Å². The fourth-order valence-electron chi connectivity index (χ4n) is 3.18. The van der Waals surface area contributed by atoms with Gasteiger partial charge in [-0.3, -0.25) is 4.98 Å². The van der Waals surface area contributed by atoms with E-state index in [9.17, 15) is 4.79 Å². The fourth-order valence-corrected chi connectivity index (χ4v) is 3.54. The van der Waals surface area contributed by atoms with Gasteiger partial charge in [-0.1, -0.05) is 57.5 Å². The summed E-state index contributed by atoms with van der Waals surface area (Å²) in [5.74, 6) is -0.347. The summed E-state index contributed by atoms with van der Waals surface area (Å²) in [4.78, 5) is 17.9. The minimum absolute atomic E-state index is 0.347. The Morgan fingerprint density at radius 3 is 2.29 bits per heavy atom. The SMILES string of the molecule is CCCOC(=O)c1c(-c2ccccc2)nc(CC)c(C(=S)OCC)c1CCC. The fraction of sp³-hybridized carbons (Fsp3) is 0.435. The molecule has 1 aromatic heterocycles. The first-order chi connectivity index (χ1) is 13.6. The van der Waals surface area contributed by atoms with Crippen LogP contribution in [0.4, 0.5) is 0 Å². The summed E-state index contributed by atoms with van der Waals surface area (Å²) in [5.41, 5.74) is 4.58. The predicted octanol–water partition coefficient (Wildman–Crippen LogP) is 5.54. The summed E-state index contributed by atoms with van der Waals surface area (Å²) in [6.07, 6.45) is 3.04. The molecule has 0 atom stereocenters. The molecule has 0 saturated carbocycles. The predicted molar refractivity (Wildman–Crippen MR) is 117 cm³/mol. The summed E-state index contributed by atoms with van der Waals surface area (Å²) >= 11 is 5.55. The maximum Gasteiger partial charge on any atom is 0.340 e. The van der Waals surface area contributed by atoms with Crippen molar-refractivity contribution in [3.63, 3.8) is 0 Å². The number of hydrogen-bond donors (Lipinski definition) is 0. The van der Waals surface area contributed by atoms with Gasteiger partial charge in [0.2, 0.25) is 0 Å². The van der Waals surface area contributed by atoms with Crippen molar-refractivity contribution in [2.24, 2.45) is 0 Å². The van der Waals surface area contributed by atoms with E-state index in [-0.39, 0.29) is 5.97 Å². The molecule has 2 aromatic rings. The summed E-state index contributed by atoms with van der Waals surface area (Å²) in [7, 11) is 0. The van der Waals surface area contributed by atoms with Gasteiger partial charge >= 0.3 is 5.97 Å². The van der Waals surface area contributed by atoms with E-state index in [0.717, 1.165) is 35.2 Å². The van der Waals surface area contributed by atoms with E-state index in [1.807, 2.05) is 51.1 Å². The maximum absolute atomic E-state index is 13.1. The van der Waals surface area contributed by atoms with E-state index in [1.165, 1.54) is 0 Å². The second kappa shape index (κ2) is 10.9. The number of thiocarbonyl (C=S) groups is 1. The van der Waals surface area contributed by atoms with Gasteiger partial charge in [-0.15, -0.1) is 0 Å². The van der Waals surface area contributed by atoms with Crippen LogP contribution in [0.3, 0.4) is 0 Å². The molecule has 0 aliphatic carbocycles. The monoisotopic (exact) mass is 399 g/mol. The molecule has 0 radical (unpaired) electrons. The number of ether oxygens (including phenoxy) is 2. The summed E-state index contributed by atoms with van der Waals surface area (Å²) < 4.78 is 11.2. The van der Waals surface area contributed by atoms with Crippen LogP contribution in [0.2, 0.25) is 0 Å². The molecule has 0 aliphatic heterocycles. The van der Waals surface area contributed by atoms with Crippen LogP contribution in [0.1, 0.15) is 67.7 Å². The summed E-state index contributed by atoms with van der Waals surface area (Å²) in [5, 5.41) is 0.402. The van der Waals surface area contributed by atoms with E-state index in [1.54, 1.807) is 0 Å².